The number of halogens is 1. The van der Waals surface area contributed by atoms with Crippen LogP contribution in [-0.2, 0) is 13.1 Å². The first-order valence-corrected chi connectivity index (χ1v) is 7.13. The molecule has 0 atom stereocenters. The molecule has 1 aromatic carbocycles. The van der Waals surface area contributed by atoms with Crippen molar-refractivity contribution in [2.45, 2.75) is 33.0 Å². The second-order valence-electron chi connectivity index (χ2n) is 5.41. The van der Waals surface area contributed by atoms with Crippen LogP contribution in [-0.4, -0.2) is 34.6 Å². The summed E-state index contributed by atoms with van der Waals surface area (Å²) in [7, 11) is 1.94. The van der Waals surface area contributed by atoms with E-state index in [1.165, 1.54) is 12.1 Å². The van der Waals surface area contributed by atoms with Crippen molar-refractivity contribution >= 4 is 5.69 Å². The van der Waals surface area contributed by atoms with E-state index in [2.05, 4.69) is 29.5 Å². The fourth-order valence-electron chi connectivity index (χ4n) is 1.93. The first-order valence-electron chi connectivity index (χ1n) is 7.13. The zero-order valence-corrected chi connectivity index (χ0v) is 12.8. The number of hydrogen-bond donors (Lipinski definition) is 1. The Morgan fingerprint density at radius 1 is 1.38 bits per heavy atom. The summed E-state index contributed by atoms with van der Waals surface area (Å²) in [4.78, 5) is 2.00. The highest BCUT2D eigenvalue weighted by atomic mass is 19.1. The van der Waals surface area contributed by atoms with Gasteiger partial charge >= 0.3 is 0 Å². The maximum atomic E-state index is 13.2. The molecule has 0 amide bonds. The maximum absolute atomic E-state index is 13.2. The molecular formula is C15H22FN5. The molecule has 2 aromatic rings. The van der Waals surface area contributed by atoms with Crippen LogP contribution in [0.25, 0.3) is 0 Å². The van der Waals surface area contributed by atoms with E-state index in [0.717, 1.165) is 24.5 Å². The topological polar surface area (TPSA) is 46.0 Å². The molecule has 0 saturated carbocycles. The van der Waals surface area contributed by atoms with E-state index in [0.29, 0.717) is 12.6 Å². The lowest BCUT2D eigenvalue weighted by molar-refractivity contribution is 0.578. The highest BCUT2D eigenvalue weighted by Crippen LogP contribution is 2.13. The van der Waals surface area contributed by atoms with Crippen LogP contribution in [0, 0.1) is 5.82 Å². The number of nitrogens with one attached hydrogen (secondary N) is 1. The Morgan fingerprint density at radius 2 is 2.19 bits per heavy atom. The average molecular weight is 291 g/mol. The van der Waals surface area contributed by atoms with Gasteiger partial charge in [-0.3, -0.25) is 4.68 Å². The maximum Gasteiger partial charge on any atom is 0.125 e. The molecule has 0 fully saturated rings. The summed E-state index contributed by atoms with van der Waals surface area (Å²) in [5.74, 6) is -0.220. The Balaban J connectivity index is 1.85. The second-order valence-corrected chi connectivity index (χ2v) is 5.41. The van der Waals surface area contributed by atoms with E-state index in [-0.39, 0.29) is 5.82 Å². The van der Waals surface area contributed by atoms with Crippen LogP contribution < -0.4 is 10.2 Å². The lowest BCUT2D eigenvalue weighted by Gasteiger charge is -2.18. The number of likely N-dealkylation sites (N-methyl/N-ethyl adjacent to an activating group) is 1. The molecule has 114 valence electrons. The molecule has 6 heteroatoms. The number of anilines is 1. The molecule has 0 aliphatic carbocycles. The van der Waals surface area contributed by atoms with Crippen molar-refractivity contribution in [2.75, 3.05) is 18.5 Å². The summed E-state index contributed by atoms with van der Waals surface area (Å²) < 4.78 is 15.0. The number of rotatable bonds is 7. The van der Waals surface area contributed by atoms with Gasteiger partial charge in [0.25, 0.3) is 0 Å². The van der Waals surface area contributed by atoms with E-state index in [1.54, 1.807) is 6.07 Å². The predicted molar refractivity (Wildman–Crippen MR) is 81.7 cm³/mol. The Hall–Kier alpha value is -1.95. The third kappa shape index (κ3) is 4.82. The van der Waals surface area contributed by atoms with E-state index in [4.69, 9.17) is 0 Å². The summed E-state index contributed by atoms with van der Waals surface area (Å²) >= 11 is 0. The quantitative estimate of drug-likeness (QED) is 0.848. The van der Waals surface area contributed by atoms with Gasteiger partial charge in [0.1, 0.15) is 5.82 Å². The number of aromatic nitrogens is 3. The van der Waals surface area contributed by atoms with Crippen LogP contribution in [0.3, 0.4) is 0 Å². The van der Waals surface area contributed by atoms with Gasteiger partial charge in [-0.1, -0.05) is 25.1 Å². The molecule has 0 aliphatic heterocycles. The molecule has 0 spiro atoms. The molecule has 0 bridgehead atoms. The Bertz CT molecular complexity index is 567. The van der Waals surface area contributed by atoms with E-state index >= 15 is 0 Å². The third-order valence-electron chi connectivity index (χ3n) is 3.19. The fourth-order valence-corrected chi connectivity index (χ4v) is 1.93. The van der Waals surface area contributed by atoms with Crippen LogP contribution in [0.15, 0.2) is 30.5 Å². The van der Waals surface area contributed by atoms with E-state index < -0.39 is 0 Å². The van der Waals surface area contributed by atoms with Gasteiger partial charge < -0.3 is 10.2 Å². The minimum atomic E-state index is -0.220. The van der Waals surface area contributed by atoms with Crippen LogP contribution in [0.5, 0.6) is 0 Å². The van der Waals surface area contributed by atoms with Crippen LogP contribution in [0.1, 0.15) is 19.5 Å². The molecule has 1 N–H and O–H groups in total. The van der Waals surface area contributed by atoms with Gasteiger partial charge in [0.15, 0.2) is 0 Å². The average Bonchev–Trinajstić information content (AvgIpc) is 2.90. The van der Waals surface area contributed by atoms with Crippen molar-refractivity contribution in [3.63, 3.8) is 0 Å². The molecule has 21 heavy (non-hydrogen) atoms. The first-order chi connectivity index (χ1) is 10.0. The van der Waals surface area contributed by atoms with Crippen LogP contribution >= 0.6 is 0 Å². The van der Waals surface area contributed by atoms with Gasteiger partial charge in [0.2, 0.25) is 0 Å². The first kappa shape index (κ1) is 15.4. The summed E-state index contributed by atoms with van der Waals surface area (Å²) in [6.45, 7) is 6.36. The predicted octanol–water partition coefficient (Wildman–Crippen LogP) is 2.05. The lowest BCUT2D eigenvalue weighted by Crippen LogP contribution is -2.23. The van der Waals surface area contributed by atoms with Gasteiger partial charge in [0.05, 0.1) is 12.2 Å². The lowest BCUT2D eigenvalue weighted by atomic mass is 10.3. The largest absolute Gasteiger partial charge is 0.373 e. The standard InChI is InChI=1S/C15H22FN5/c1-12(2)17-10-14-11-21(19-18-14)8-7-20(3)15-6-4-5-13(16)9-15/h4-6,9,11-12,17H,7-8,10H2,1-3H3. The van der Waals surface area contributed by atoms with Crippen molar-refractivity contribution in [1.82, 2.24) is 20.3 Å². The Labute approximate surface area is 124 Å². The number of hydrogen-bond acceptors (Lipinski definition) is 4. The summed E-state index contributed by atoms with van der Waals surface area (Å²) in [5, 5.41) is 11.5. The highest BCUT2D eigenvalue weighted by Gasteiger charge is 2.05. The third-order valence-corrected chi connectivity index (χ3v) is 3.19. The Kier molecular flexibility index (Phi) is 5.27. The smallest absolute Gasteiger partial charge is 0.125 e. The summed E-state index contributed by atoms with van der Waals surface area (Å²) in [6, 6.07) is 7.01. The van der Waals surface area contributed by atoms with E-state index in [1.807, 2.05) is 28.9 Å². The zero-order chi connectivity index (χ0) is 15.2. The van der Waals surface area contributed by atoms with Gasteiger partial charge in [-0.15, -0.1) is 5.10 Å². The minimum Gasteiger partial charge on any atom is -0.373 e. The molecule has 1 heterocycles. The minimum absolute atomic E-state index is 0.220. The molecule has 5 nitrogen and oxygen atoms in total. The Morgan fingerprint density at radius 3 is 2.90 bits per heavy atom. The molecule has 1 aromatic heterocycles. The van der Waals surface area contributed by atoms with Gasteiger partial charge in [-0.05, 0) is 18.2 Å². The van der Waals surface area contributed by atoms with Crippen LogP contribution in [0.4, 0.5) is 10.1 Å². The van der Waals surface area contributed by atoms with Crippen molar-refractivity contribution in [2.24, 2.45) is 0 Å². The second kappa shape index (κ2) is 7.17. The summed E-state index contributed by atoms with van der Waals surface area (Å²) in [6.07, 6.45) is 1.94. The van der Waals surface area contributed by atoms with Crippen molar-refractivity contribution < 1.29 is 4.39 Å². The zero-order valence-electron chi connectivity index (χ0n) is 12.8. The molecule has 0 unspecified atom stereocenters. The fraction of sp³-hybridized carbons (Fsp3) is 0.467. The van der Waals surface area contributed by atoms with Crippen LogP contribution in [0.2, 0.25) is 0 Å². The molecular weight excluding hydrogens is 269 g/mol. The van der Waals surface area contributed by atoms with E-state index in [9.17, 15) is 4.39 Å². The van der Waals surface area contributed by atoms with Crippen molar-refractivity contribution in [1.29, 1.82) is 0 Å². The van der Waals surface area contributed by atoms with Gasteiger partial charge in [-0.25, -0.2) is 4.39 Å². The van der Waals surface area contributed by atoms with Gasteiger partial charge in [0, 0.05) is 38.1 Å². The monoisotopic (exact) mass is 291 g/mol. The van der Waals surface area contributed by atoms with Crippen molar-refractivity contribution in [3.8, 4) is 0 Å². The SMILES string of the molecule is CC(C)NCc1cn(CCN(C)c2cccc(F)c2)nn1. The molecule has 2 rings (SSSR count). The molecule has 0 aliphatic rings. The summed E-state index contributed by atoms with van der Waals surface area (Å²) in [5.41, 5.74) is 1.79. The number of benzene rings is 1. The number of nitrogens with zero attached hydrogens (tertiary/aromatic N) is 4. The normalized spacial score (nSPS) is 11.1. The van der Waals surface area contributed by atoms with Gasteiger partial charge in [-0.2, -0.15) is 0 Å². The van der Waals surface area contributed by atoms with Crippen molar-refractivity contribution in [3.05, 3.63) is 42.0 Å². The molecule has 0 radical (unpaired) electrons. The molecule has 0 saturated heterocycles. The highest BCUT2D eigenvalue weighted by molar-refractivity contribution is 5.45.